The van der Waals surface area contributed by atoms with Gasteiger partial charge in [-0.1, -0.05) is 66.8 Å². The first-order valence-electron chi connectivity index (χ1n) is 9.73. The van der Waals surface area contributed by atoms with Crippen molar-refractivity contribution in [3.63, 3.8) is 0 Å². The first-order chi connectivity index (χ1) is 14.6. The van der Waals surface area contributed by atoms with E-state index in [1.807, 2.05) is 36.5 Å². The summed E-state index contributed by atoms with van der Waals surface area (Å²) in [4.78, 5) is 24.9. The van der Waals surface area contributed by atoms with Crippen LogP contribution in [0.25, 0.3) is 27.8 Å². The average Bonchev–Trinajstić information content (AvgIpc) is 3.08. The molecule has 1 aliphatic rings. The Morgan fingerprint density at radius 1 is 0.967 bits per heavy atom. The Bertz CT molecular complexity index is 1360. The normalized spacial score (nSPS) is 15.9. The Hall–Kier alpha value is -3.57. The number of fused-ring (bicyclic) bond motifs is 2. The number of hydrogen-bond donors (Lipinski definition) is 1. The van der Waals surface area contributed by atoms with E-state index in [-0.39, 0.29) is 22.8 Å². The molecule has 0 radical (unpaired) electrons. The number of Topliss-reactive ketones (excluding diaryl/α,β-unsaturated/α-hetero) is 1. The third-order valence-corrected chi connectivity index (χ3v) is 5.65. The van der Waals surface area contributed by atoms with Gasteiger partial charge in [-0.15, -0.1) is 0 Å². The second-order valence-electron chi connectivity index (χ2n) is 7.45. The number of rotatable bonds is 3. The van der Waals surface area contributed by atoms with Gasteiger partial charge in [0, 0.05) is 29.2 Å². The number of benzene rings is 3. The second kappa shape index (κ2) is 7.35. The van der Waals surface area contributed by atoms with Gasteiger partial charge >= 0.3 is 0 Å². The van der Waals surface area contributed by atoms with Crippen LogP contribution in [0.1, 0.15) is 17.5 Å². The van der Waals surface area contributed by atoms with Gasteiger partial charge < -0.3 is 9.88 Å². The van der Waals surface area contributed by atoms with E-state index in [1.54, 1.807) is 6.08 Å². The molecule has 2 heterocycles. The lowest BCUT2D eigenvalue weighted by atomic mass is 10.0. The van der Waals surface area contributed by atoms with E-state index in [1.165, 1.54) is 16.3 Å². The molecule has 3 aromatic carbocycles. The summed E-state index contributed by atoms with van der Waals surface area (Å²) in [5.41, 5.74) is 3.23. The number of nitrogens with one attached hydrogen (secondary N) is 1. The highest BCUT2D eigenvalue weighted by Gasteiger charge is 2.26. The minimum Gasteiger partial charge on any atom is -0.342 e. The van der Waals surface area contributed by atoms with Crippen molar-refractivity contribution in [2.24, 2.45) is 0 Å². The molecule has 1 amide bonds. The number of nitrogens with zero attached hydrogens (tertiary/aromatic N) is 1. The lowest BCUT2D eigenvalue weighted by molar-refractivity contribution is -0.122. The Morgan fingerprint density at radius 2 is 1.73 bits per heavy atom. The van der Waals surface area contributed by atoms with Crippen molar-refractivity contribution in [1.29, 1.82) is 0 Å². The lowest BCUT2D eigenvalue weighted by Gasteiger charge is -2.14. The molecule has 0 bridgehead atoms. The van der Waals surface area contributed by atoms with Gasteiger partial charge in [0.25, 0.3) is 5.91 Å². The largest absolute Gasteiger partial charge is 0.342 e. The molecule has 1 aromatic heterocycles. The molecule has 0 atom stereocenters. The Labute approximate surface area is 178 Å². The van der Waals surface area contributed by atoms with Gasteiger partial charge in [-0.3, -0.25) is 9.59 Å². The summed E-state index contributed by atoms with van der Waals surface area (Å²) in [7, 11) is 0. The fraction of sp³-hybridized carbons (Fsp3) is 0.0800. The summed E-state index contributed by atoms with van der Waals surface area (Å²) < 4.78 is 2.15. The quantitative estimate of drug-likeness (QED) is 0.304. The molecule has 1 fully saturated rings. The van der Waals surface area contributed by atoms with E-state index in [0.717, 1.165) is 16.5 Å². The molecule has 30 heavy (non-hydrogen) atoms. The summed E-state index contributed by atoms with van der Waals surface area (Å²) in [6.07, 6.45) is 3.75. The van der Waals surface area contributed by atoms with E-state index in [4.69, 9.17) is 12.2 Å². The van der Waals surface area contributed by atoms with Crippen LogP contribution in [-0.4, -0.2) is 21.2 Å². The number of amides is 1. The summed E-state index contributed by atoms with van der Waals surface area (Å²) >= 11 is 4.98. The van der Waals surface area contributed by atoms with Gasteiger partial charge in [0.05, 0.1) is 17.0 Å². The molecule has 0 spiro atoms. The first kappa shape index (κ1) is 18.5. The molecule has 5 rings (SSSR count). The van der Waals surface area contributed by atoms with E-state index < -0.39 is 5.91 Å². The van der Waals surface area contributed by atoms with Crippen molar-refractivity contribution in [1.82, 2.24) is 9.88 Å². The summed E-state index contributed by atoms with van der Waals surface area (Å²) in [6.45, 7) is 0.693. The van der Waals surface area contributed by atoms with Crippen LogP contribution < -0.4 is 5.32 Å². The molecular formula is C25H18N2O2S. The van der Waals surface area contributed by atoms with Crippen LogP contribution >= 0.6 is 12.2 Å². The maximum atomic E-state index is 12.4. The number of thiocarbonyl (C=S) groups is 1. The van der Waals surface area contributed by atoms with Gasteiger partial charge in [-0.05, 0) is 34.5 Å². The van der Waals surface area contributed by atoms with Crippen LogP contribution in [0.2, 0.25) is 0 Å². The Kier molecular flexibility index (Phi) is 4.52. The zero-order chi connectivity index (χ0) is 20.7. The highest BCUT2D eigenvalue weighted by Crippen LogP contribution is 2.26. The molecule has 0 unspecified atom stereocenters. The second-order valence-corrected chi connectivity index (χ2v) is 7.94. The third-order valence-electron chi connectivity index (χ3n) is 5.41. The molecule has 1 saturated heterocycles. The predicted octanol–water partition coefficient (Wildman–Crippen LogP) is 4.64. The zero-order valence-corrected chi connectivity index (χ0v) is 16.9. The molecule has 0 saturated carbocycles. The zero-order valence-electron chi connectivity index (χ0n) is 16.1. The fourth-order valence-corrected chi connectivity index (χ4v) is 4.19. The monoisotopic (exact) mass is 410 g/mol. The molecule has 0 aliphatic carbocycles. The van der Waals surface area contributed by atoms with Gasteiger partial charge in [0.2, 0.25) is 0 Å². The van der Waals surface area contributed by atoms with Crippen LogP contribution in [0.4, 0.5) is 0 Å². The van der Waals surface area contributed by atoms with E-state index in [2.05, 4.69) is 46.3 Å². The Morgan fingerprint density at radius 3 is 2.57 bits per heavy atom. The predicted molar refractivity (Wildman–Crippen MR) is 123 cm³/mol. The molecule has 146 valence electrons. The molecule has 5 heteroatoms. The standard InChI is InChI=1S/C25H18N2O2S/c28-23-13-24(30)26-25(29)21(23)12-19-15-27(22-8-4-3-7-20(19)22)14-16-9-10-17-5-1-2-6-18(17)11-16/h1-12,15H,13-14H2,(H,26,29,30)/b21-12-. The van der Waals surface area contributed by atoms with E-state index >= 15 is 0 Å². The van der Waals surface area contributed by atoms with Crippen molar-refractivity contribution in [2.75, 3.05) is 0 Å². The maximum Gasteiger partial charge on any atom is 0.259 e. The molecule has 4 aromatic rings. The summed E-state index contributed by atoms with van der Waals surface area (Å²) in [6, 6.07) is 22.8. The SMILES string of the molecule is O=C1CC(=S)NC(=O)/C1=C\c1cn(Cc2ccc3ccccc3c2)c2ccccc12. The first-order valence-corrected chi connectivity index (χ1v) is 10.1. The van der Waals surface area contributed by atoms with Crippen molar-refractivity contribution in [3.05, 3.63) is 89.6 Å². The third kappa shape index (κ3) is 3.33. The fourth-order valence-electron chi connectivity index (χ4n) is 3.96. The summed E-state index contributed by atoms with van der Waals surface area (Å²) in [5.74, 6) is -0.669. The molecule has 1 N–H and O–H groups in total. The maximum absolute atomic E-state index is 12.4. The van der Waals surface area contributed by atoms with Crippen LogP contribution in [-0.2, 0) is 16.1 Å². The van der Waals surface area contributed by atoms with Crippen LogP contribution in [0.5, 0.6) is 0 Å². The van der Waals surface area contributed by atoms with E-state index in [9.17, 15) is 9.59 Å². The Balaban J connectivity index is 1.57. The number of aromatic nitrogens is 1. The minimum absolute atomic E-state index is 0.0721. The number of ketones is 1. The van der Waals surface area contributed by atoms with Crippen molar-refractivity contribution < 1.29 is 9.59 Å². The molecular weight excluding hydrogens is 392 g/mol. The van der Waals surface area contributed by atoms with Crippen molar-refractivity contribution in [3.8, 4) is 0 Å². The van der Waals surface area contributed by atoms with Crippen molar-refractivity contribution >= 4 is 56.6 Å². The number of piperidine rings is 1. The highest BCUT2D eigenvalue weighted by atomic mass is 32.1. The average molecular weight is 410 g/mol. The number of carbonyl (C=O) groups is 2. The van der Waals surface area contributed by atoms with Gasteiger partial charge in [0.15, 0.2) is 5.78 Å². The van der Waals surface area contributed by atoms with Crippen LogP contribution in [0, 0.1) is 0 Å². The molecule has 1 aliphatic heterocycles. The smallest absolute Gasteiger partial charge is 0.259 e. The van der Waals surface area contributed by atoms with E-state index in [0.29, 0.717) is 6.54 Å². The van der Waals surface area contributed by atoms with Gasteiger partial charge in [0.1, 0.15) is 0 Å². The highest BCUT2D eigenvalue weighted by molar-refractivity contribution is 7.80. The van der Waals surface area contributed by atoms with Crippen molar-refractivity contribution in [2.45, 2.75) is 13.0 Å². The minimum atomic E-state index is -0.428. The van der Waals surface area contributed by atoms with Gasteiger partial charge in [-0.2, -0.15) is 0 Å². The number of hydrogen-bond acceptors (Lipinski definition) is 3. The lowest BCUT2D eigenvalue weighted by Crippen LogP contribution is -2.39. The van der Waals surface area contributed by atoms with Gasteiger partial charge in [-0.25, -0.2) is 0 Å². The van der Waals surface area contributed by atoms with Crippen LogP contribution in [0.3, 0.4) is 0 Å². The number of para-hydroxylation sites is 1. The van der Waals surface area contributed by atoms with Crippen LogP contribution in [0.15, 0.2) is 78.5 Å². The molecule has 4 nitrogen and oxygen atoms in total. The number of carbonyl (C=O) groups excluding carboxylic acids is 2. The summed E-state index contributed by atoms with van der Waals surface area (Å²) in [5, 5.41) is 6.00. The topological polar surface area (TPSA) is 51.1 Å².